The Bertz CT molecular complexity index is 494. The van der Waals surface area contributed by atoms with Gasteiger partial charge in [0, 0.05) is 6.42 Å². The van der Waals surface area contributed by atoms with Gasteiger partial charge in [0.25, 0.3) is 0 Å². The summed E-state index contributed by atoms with van der Waals surface area (Å²) in [6.45, 7) is 4.73. The lowest BCUT2D eigenvalue weighted by atomic mass is 9.49. The lowest BCUT2D eigenvalue weighted by Gasteiger charge is -2.55. The number of aliphatic hydroxyl groups is 1. The lowest BCUT2D eigenvalue weighted by Crippen LogP contribution is -2.50. The minimum absolute atomic E-state index is 0.0828. The van der Waals surface area contributed by atoms with Crippen LogP contribution in [-0.4, -0.2) is 17.0 Å². The molecular formula is C19H28O2. The molecule has 3 saturated carbocycles. The van der Waals surface area contributed by atoms with Crippen molar-refractivity contribution < 1.29 is 9.90 Å². The van der Waals surface area contributed by atoms with E-state index in [1.807, 2.05) is 6.08 Å². The SMILES string of the molecule is C[C@@H]1CC2=CC(=O)CC[C@@H]2[C@@H]2CC[C@]3(C)[C@H](O)CC[C@H]3[C@@H]21. The average molecular weight is 288 g/mol. The molecule has 0 aromatic heterocycles. The number of carbonyl (C=O) groups is 1. The number of aliphatic hydroxyl groups excluding tert-OH is 1. The second-order valence-electron chi connectivity index (χ2n) is 8.50. The minimum Gasteiger partial charge on any atom is -0.393 e. The van der Waals surface area contributed by atoms with Gasteiger partial charge in [0.15, 0.2) is 5.78 Å². The maximum atomic E-state index is 11.8. The Balaban J connectivity index is 1.68. The molecule has 2 nitrogen and oxygen atoms in total. The van der Waals surface area contributed by atoms with Crippen LogP contribution in [0.15, 0.2) is 11.6 Å². The summed E-state index contributed by atoms with van der Waals surface area (Å²) < 4.78 is 0. The third-order valence-corrected chi connectivity index (χ3v) is 7.59. The normalized spacial score (nSPS) is 52.7. The monoisotopic (exact) mass is 288 g/mol. The van der Waals surface area contributed by atoms with Gasteiger partial charge in [-0.1, -0.05) is 19.4 Å². The van der Waals surface area contributed by atoms with Gasteiger partial charge in [-0.15, -0.1) is 0 Å². The van der Waals surface area contributed by atoms with E-state index in [1.165, 1.54) is 24.8 Å². The number of hydrogen-bond acceptors (Lipinski definition) is 2. The van der Waals surface area contributed by atoms with E-state index in [2.05, 4.69) is 13.8 Å². The Morgan fingerprint density at radius 3 is 2.86 bits per heavy atom. The molecule has 4 rings (SSSR count). The topological polar surface area (TPSA) is 37.3 Å². The summed E-state index contributed by atoms with van der Waals surface area (Å²) in [5, 5.41) is 10.5. The molecule has 4 aliphatic rings. The number of allylic oxidation sites excluding steroid dienone is 1. The average Bonchev–Trinajstić information content (AvgIpc) is 2.74. The van der Waals surface area contributed by atoms with Crippen LogP contribution in [0, 0.1) is 35.0 Å². The highest BCUT2D eigenvalue weighted by atomic mass is 16.3. The molecule has 116 valence electrons. The summed E-state index contributed by atoms with van der Waals surface area (Å²) in [7, 11) is 0. The van der Waals surface area contributed by atoms with Crippen LogP contribution in [0.5, 0.6) is 0 Å². The molecule has 0 heterocycles. The first-order valence-corrected chi connectivity index (χ1v) is 8.92. The summed E-state index contributed by atoms with van der Waals surface area (Å²) in [6.07, 6.45) is 9.54. The fourth-order valence-electron chi connectivity index (χ4n) is 6.56. The molecular weight excluding hydrogens is 260 g/mol. The zero-order valence-electron chi connectivity index (χ0n) is 13.3. The summed E-state index contributed by atoms with van der Waals surface area (Å²) in [4.78, 5) is 11.8. The number of ketones is 1. The molecule has 0 amide bonds. The molecule has 3 fully saturated rings. The van der Waals surface area contributed by atoms with Crippen LogP contribution >= 0.6 is 0 Å². The molecule has 0 aromatic carbocycles. The Morgan fingerprint density at radius 1 is 1.24 bits per heavy atom. The number of rotatable bonds is 0. The first-order chi connectivity index (χ1) is 10.0. The van der Waals surface area contributed by atoms with Crippen molar-refractivity contribution in [2.45, 2.75) is 64.9 Å². The molecule has 1 N–H and O–H groups in total. The van der Waals surface area contributed by atoms with Gasteiger partial charge < -0.3 is 5.11 Å². The van der Waals surface area contributed by atoms with Crippen molar-refractivity contribution >= 4 is 5.78 Å². The van der Waals surface area contributed by atoms with Crippen molar-refractivity contribution in [1.82, 2.24) is 0 Å². The van der Waals surface area contributed by atoms with E-state index in [9.17, 15) is 9.90 Å². The highest BCUT2D eigenvalue weighted by Crippen LogP contribution is 2.62. The number of carbonyl (C=O) groups excluding carboxylic acids is 1. The molecule has 0 radical (unpaired) electrons. The van der Waals surface area contributed by atoms with E-state index in [1.54, 1.807) is 0 Å². The Hall–Kier alpha value is -0.630. The van der Waals surface area contributed by atoms with Crippen molar-refractivity contribution in [3.05, 3.63) is 11.6 Å². The first kappa shape index (κ1) is 14.0. The van der Waals surface area contributed by atoms with Crippen molar-refractivity contribution in [3.8, 4) is 0 Å². The van der Waals surface area contributed by atoms with Gasteiger partial charge >= 0.3 is 0 Å². The molecule has 21 heavy (non-hydrogen) atoms. The van der Waals surface area contributed by atoms with E-state index < -0.39 is 0 Å². The van der Waals surface area contributed by atoms with Gasteiger partial charge in [0.1, 0.15) is 0 Å². The van der Waals surface area contributed by atoms with Crippen molar-refractivity contribution in [2.24, 2.45) is 35.0 Å². The largest absolute Gasteiger partial charge is 0.393 e. The van der Waals surface area contributed by atoms with Crippen molar-refractivity contribution in [1.29, 1.82) is 0 Å². The van der Waals surface area contributed by atoms with Crippen LogP contribution in [0.25, 0.3) is 0 Å². The van der Waals surface area contributed by atoms with Gasteiger partial charge in [0.2, 0.25) is 0 Å². The maximum Gasteiger partial charge on any atom is 0.155 e. The second-order valence-corrected chi connectivity index (χ2v) is 8.50. The third kappa shape index (κ3) is 1.91. The molecule has 0 aromatic rings. The highest BCUT2D eigenvalue weighted by molar-refractivity contribution is 5.91. The Morgan fingerprint density at radius 2 is 2.05 bits per heavy atom. The van der Waals surface area contributed by atoms with Gasteiger partial charge in [-0.25, -0.2) is 0 Å². The van der Waals surface area contributed by atoms with E-state index in [-0.39, 0.29) is 11.5 Å². The lowest BCUT2D eigenvalue weighted by molar-refractivity contribution is -0.116. The van der Waals surface area contributed by atoms with E-state index >= 15 is 0 Å². The van der Waals surface area contributed by atoms with Gasteiger partial charge in [0.05, 0.1) is 6.10 Å². The van der Waals surface area contributed by atoms with Gasteiger partial charge in [-0.2, -0.15) is 0 Å². The molecule has 0 bridgehead atoms. The third-order valence-electron chi connectivity index (χ3n) is 7.59. The number of fused-ring (bicyclic) bond motifs is 5. The zero-order chi connectivity index (χ0) is 14.8. The fraction of sp³-hybridized carbons (Fsp3) is 0.842. The maximum absolute atomic E-state index is 11.8. The van der Waals surface area contributed by atoms with Crippen LogP contribution in [0.2, 0.25) is 0 Å². The smallest absolute Gasteiger partial charge is 0.155 e. The minimum atomic E-state index is -0.0828. The van der Waals surface area contributed by atoms with Crippen LogP contribution in [0.4, 0.5) is 0 Å². The van der Waals surface area contributed by atoms with E-state index in [0.717, 1.165) is 37.5 Å². The quantitative estimate of drug-likeness (QED) is 0.737. The predicted molar refractivity (Wildman–Crippen MR) is 82.6 cm³/mol. The summed E-state index contributed by atoms with van der Waals surface area (Å²) in [5.41, 5.74) is 1.63. The van der Waals surface area contributed by atoms with Crippen LogP contribution in [0.3, 0.4) is 0 Å². The second kappa shape index (κ2) is 4.68. The first-order valence-electron chi connectivity index (χ1n) is 8.92. The molecule has 7 atom stereocenters. The summed E-state index contributed by atoms with van der Waals surface area (Å²) >= 11 is 0. The standard InChI is InChI=1S/C19H28O2/c1-11-9-12-10-13(20)3-4-14(12)15-7-8-19(2)16(18(11)15)5-6-17(19)21/h10-11,14-18,21H,3-9H2,1-2H3/t11-,14+,15+,16+,17-,18-,19+/m1/s1. The van der Waals surface area contributed by atoms with Gasteiger partial charge in [-0.05, 0) is 79.6 Å². The highest BCUT2D eigenvalue weighted by Gasteiger charge is 2.57. The van der Waals surface area contributed by atoms with Crippen LogP contribution in [-0.2, 0) is 4.79 Å². The van der Waals surface area contributed by atoms with Crippen LogP contribution in [0.1, 0.15) is 58.8 Å². The summed E-state index contributed by atoms with van der Waals surface area (Å²) in [6, 6.07) is 0. The van der Waals surface area contributed by atoms with E-state index in [4.69, 9.17) is 0 Å². The fourth-order valence-corrected chi connectivity index (χ4v) is 6.56. The Labute approximate surface area is 128 Å². The molecule has 2 heteroatoms. The summed E-state index contributed by atoms with van der Waals surface area (Å²) in [5.74, 6) is 3.96. The number of hydrogen-bond donors (Lipinski definition) is 1. The molecule has 0 unspecified atom stereocenters. The molecule has 0 spiro atoms. The molecule has 0 saturated heterocycles. The van der Waals surface area contributed by atoms with Crippen LogP contribution < -0.4 is 0 Å². The zero-order valence-corrected chi connectivity index (χ0v) is 13.3. The predicted octanol–water partition coefficient (Wildman–Crippen LogP) is 3.74. The van der Waals surface area contributed by atoms with E-state index in [0.29, 0.717) is 23.5 Å². The van der Waals surface area contributed by atoms with Crippen molar-refractivity contribution in [3.63, 3.8) is 0 Å². The Kier molecular flexibility index (Phi) is 3.12. The molecule has 0 aliphatic heterocycles. The van der Waals surface area contributed by atoms with Gasteiger partial charge in [-0.3, -0.25) is 4.79 Å². The van der Waals surface area contributed by atoms with Crippen molar-refractivity contribution in [2.75, 3.05) is 0 Å². The molecule has 4 aliphatic carbocycles.